The third-order valence-electron chi connectivity index (χ3n) is 1.49. The summed E-state index contributed by atoms with van der Waals surface area (Å²) >= 11 is 1.65. The number of anilines is 1. The average Bonchev–Trinajstić information content (AvgIpc) is 2.34. The minimum absolute atomic E-state index is 0.652. The molecule has 0 atom stereocenters. The highest BCUT2D eigenvalue weighted by Crippen LogP contribution is 2.36. The summed E-state index contributed by atoms with van der Waals surface area (Å²) in [6.07, 6.45) is 0. The van der Waals surface area contributed by atoms with Crippen LogP contribution in [0.2, 0.25) is 0 Å². The molecule has 1 aliphatic rings. The Morgan fingerprint density at radius 1 is 1.40 bits per heavy atom. The van der Waals surface area contributed by atoms with Crippen molar-refractivity contribution in [3.8, 4) is 0 Å². The van der Waals surface area contributed by atoms with Crippen LogP contribution in [0.4, 0.5) is 5.69 Å². The van der Waals surface area contributed by atoms with Crippen LogP contribution in [-0.2, 0) is 0 Å². The topological polar surface area (TPSA) is 23.5 Å². The molecule has 0 unspecified atom stereocenters. The first kappa shape index (κ1) is 6.07. The van der Waals surface area contributed by atoms with Gasteiger partial charge in [0.05, 0.1) is 11.6 Å². The molecule has 0 amide bonds. The standard InChI is InChI=1S/C7H7NOS/c9-8-5-10-7-4-2-1-3-6(7)8/h1-4,9H,5H2. The fraction of sp³-hybridized carbons (Fsp3) is 0.143. The highest BCUT2D eigenvalue weighted by molar-refractivity contribution is 7.99. The maximum Gasteiger partial charge on any atom is 0.0954 e. The summed E-state index contributed by atoms with van der Waals surface area (Å²) in [4.78, 5) is 1.16. The average molecular weight is 153 g/mol. The van der Waals surface area contributed by atoms with Crippen LogP contribution in [0.1, 0.15) is 0 Å². The van der Waals surface area contributed by atoms with E-state index in [-0.39, 0.29) is 0 Å². The summed E-state index contributed by atoms with van der Waals surface area (Å²) in [6.45, 7) is 0. The van der Waals surface area contributed by atoms with E-state index in [2.05, 4.69) is 0 Å². The molecule has 2 rings (SSSR count). The van der Waals surface area contributed by atoms with Crippen molar-refractivity contribution in [3.63, 3.8) is 0 Å². The zero-order valence-electron chi connectivity index (χ0n) is 5.32. The number of thioether (sulfide) groups is 1. The molecule has 0 bridgehead atoms. The number of rotatable bonds is 0. The van der Waals surface area contributed by atoms with Crippen LogP contribution >= 0.6 is 11.8 Å². The number of hydrogen-bond acceptors (Lipinski definition) is 3. The predicted molar refractivity (Wildman–Crippen MR) is 41.4 cm³/mol. The van der Waals surface area contributed by atoms with Gasteiger partial charge in [-0.3, -0.25) is 5.21 Å². The Morgan fingerprint density at radius 2 is 2.20 bits per heavy atom. The highest BCUT2D eigenvalue weighted by atomic mass is 32.2. The van der Waals surface area contributed by atoms with Gasteiger partial charge in [-0.2, -0.15) is 0 Å². The SMILES string of the molecule is ON1CSc2ccccc21. The molecule has 1 aromatic carbocycles. The third kappa shape index (κ3) is 0.786. The molecule has 1 N–H and O–H groups in total. The van der Waals surface area contributed by atoms with Crippen molar-refractivity contribution < 1.29 is 5.21 Å². The lowest BCUT2D eigenvalue weighted by Gasteiger charge is -2.06. The van der Waals surface area contributed by atoms with Crippen LogP contribution in [0.15, 0.2) is 29.2 Å². The van der Waals surface area contributed by atoms with E-state index in [0.717, 1.165) is 10.6 Å². The van der Waals surface area contributed by atoms with Gasteiger partial charge in [0.15, 0.2) is 0 Å². The lowest BCUT2D eigenvalue weighted by molar-refractivity contribution is 0.275. The highest BCUT2D eigenvalue weighted by Gasteiger charge is 2.15. The summed E-state index contributed by atoms with van der Waals surface area (Å²) in [7, 11) is 0. The Labute approximate surface area is 63.4 Å². The van der Waals surface area contributed by atoms with Gasteiger partial charge in [0.2, 0.25) is 0 Å². The van der Waals surface area contributed by atoms with Gasteiger partial charge in [0.25, 0.3) is 0 Å². The monoisotopic (exact) mass is 153 g/mol. The van der Waals surface area contributed by atoms with Gasteiger partial charge in [-0.15, -0.1) is 0 Å². The number of nitrogens with zero attached hydrogens (tertiary/aromatic N) is 1. The summed E-state index contributed by atoms with van der Waals surface area (Å²) < 4.78 is 0. The van der Waals surface area contributed by atoms with Crippen molar-refractivity contribution in [2.75, 3.05) is 10.9 Å². The van der Waals surface area contributed by atoms with Gasteiger partial charge in [0, 0.05) is 4.90 Å². The smallest absolute Gasteiger partial charge is 0.0954 e. The first-order valence-electron chi connectivity index (χ1n) is 3.06. The van der Waals surface area contributed by atoms with E-state index in [0.29, 0.717) is 5.88 Å². The van der Waals surface area contributed by atoms with Gasteiger partial charge >= 0.3 is 0 Å². The minimum Gasteiger partial charge on any atom is -0.288 e. The van der Waals surface area contributed by atoms with Gasteiger partial charge in [-0.05, 0) is 12.1 Å². The molecular formula is C7H7NOS. The maximum absolute atomic E-state index is 9.19. The fourth-order valence-corrected chi connectivity index (χ4v) is 1.89. The lowest BCUT2D eigenvalue weighted by atomic mass is 10.3. The van der Waals surface area contributed by atoms with Crippen molar-refractivity contribution in [1.29, 1.82) is 0 Å². The number of para-hydroxylation sites is 1. The van der Waals surface area contributed by atoms with Crippen LogP contribution < -0.4 is 5.06 Å². The van der Waals surface area contributed by atoms with Gasteiger partial charge in [0.1, 0.15) is 0 Å². The Bertz CT molecular complexity index is 251. The summed E-state index contributed by atoms with van der Waals surface area (Å²) in [5.41, 5.74) is 0.924. The largest absolute Gasteiger partial charge is 0.288 e. The molecule has 2 nitrogen and oxygen atoms in total. The van der Waals surface area contributed by atoms with Gasteiger partial charge in [-0.25, -0.2) is 5.06 Å². The number of benzene rings is 1. The molecule has 0 saturated carbocycles. The summed E-state index contributed by atoms with van der Waals surface area (Å²) in [6, 6.07) is 7.82. The molecule has 0 aliphatic carbocycles. The van der Waals surface area contributed by atoms with E-state index >= 15 is 0 Å². The zero-order chi connectivity index (χ0) is 6.97. The van der Waals surface area contributed by atoms with E-state index in [4.69, 9.17) is 0 Å². The molecular weight excluding hydrogens is 146 g/mol. The van der Waals surface area contributed by atoms with E-state index in [9.17, 15) is 5.21 Å². The predicted octanol–water partition coefficient (Wildman–Crippen LogP) is 1.95. The Balaban J connectivity index is 2.51. The number of hydrogen-bond donors (Lipinski definition) is 1. The second-order valence-corrected chi connectivity index (χ2v) is 3.13. The van der Waals surface area contributed by atoms with E-state index < -0.39 is 0 Å². The van der Waals surface area contributed by atoms with Crippen molar-refractivity contribution in [1.82, 2.24) is 0 Å². The molecule has 1 heterocycles. The molecule has 10 heavy (non-hydrogen) atoms. The Kier molecular flexibility index (Phi) is 1.32. The molecule has 0 saturated heterocycles. The molecule has 0 spiro atoms. The molecule has 1 aliphatic heterocycles. The van der Waals surface area contributed by atoms with Crippen molar-refractivity contribution in [2.45, 2.75) is 4.90 Å². The Hall–Kier alpha value is -0.670. The summed E-state index contributed by atoms with van der Waals surface area (Å²) in [5, 5.41) is 10.5. The second kappa shape index (κ2) is 2.18. The van der Waals surface area contributed by atoms with E-state index in [1.807, 2.05) is 24.3 Å². The van der Waals surface area contributed by atoms with E-state index in [1.165, 1.54) is 5.06 Å². The van der Waals surface area contributed by atoms with E-state index in [1.54, 1.807) is 11.8 Å². The van der Waals surface area contributed by atoms with Gasteiger partial charge < -0.3 is 0 Å². The fourth-order valence-electron chi connectivity index (χ4n) is 0.993. The summed E-state index contributed by atoms with van der Waals surface area (Å²) in [5.74, 6) is 0.652. The zero-order valence-corrected chi connectivity index (χ0v) is 6.14. The Morgan fingerprint density at radius 3 is 3.00 bits per heavy atom. The van der Waals surface area contributed by atoms with Crippen LogP contribution in [0.25, 0.3) is 0 Å². The van der Waals surface area contributed by atoms with Crippen LogP contribution in [0, 0.1) is 0 Å². The first-order valence-corrected chi connectivity index (χ1v) is 4.05. The quantitative estimate of drug-likeness (QED) is 0.616. The molecule has 3 heteroatoms. The second-order valence-electron chi connectivity index (χ2n) is 2.14. The first-order chi connectivity index (χ1) is 4.88. The number of fused-ring (bicyclic) bond motifs is 1. The molecule has 52 valence electrons. The number of hydroxylamine groups is 1. The van der Waals surface area contributed by atoms with Crippen LogP contribution in [0.3, 0.4) is 0 Å². The minimum atomic E-state index is 0.652. The van der Waals surface area contributed by atoms with Crippen LogP contribution in [-0.4, -0.2) is 11.1 Å². The molecule has 1 aromatic rings. The molecule has 0 aromatic heterocycles. The normalized spacial score (nSPS) is 15.5. The van der Waals surface area contributed by atoms with Crippen molar-refractivity contribution in [3.05, 3.63) is 24.3 Å². The lowest BCUT2D eigenvalue weighted by Crippen LogP contribution is -2.11. The third-order valence-corrected chi connectivity index (χ3v) is 2.52. The maximum atomic E-state index is 9.19. The molecule has 0 radical (unpaired) electrons. The van der Waals surface area contributed by atoms with Crippen molar-refractivity contribution >= 4 is 17.4 Å². The van der Waals surface area contributed by atoms with Gasteiger partial charge in [-0.1, -0.05) is 23.9 Å². The van der Waals surface area contributed by atoms with Crippen LogP contribution in [0.5, 0.6) is 0 Å². The molecule has 0 fully saturated rings. The van der Waals surface area contributed by atoms with Crippen molar-refractivity contribution in [2.24, 2.45) is 0 Å².